The minimum absolute atomic E-state index is 0.0227. The molecule has 4 atom stereocenters. The van der Waals surface area contributed by atoms with Crippen LogP contribution in [0.2, 0.25) is 0 Å². The highest BCUT2D eigenvalue weighted by Gasteiger charge is 2.32. The van der Waals surface area contributed by atoms with Gasteiger partial charge in [-0.25, -0.2) is 14.2 Å². The molecule has 2 aromatic carbocycles. The number of phenols is 1. The molecule has 24 nitrogen and oxygen atoms in total. The third-order valence-corrected chi connectivity index (χ3v) is 11.8. The van der Waals surface area contributed by atoms with Gasteiger partial charge in [0.25, 0.3) is 0 Å². The van der Waals surface area contributed by atoms with Crippen LogP contribution < -0.4 is 37.3 Å². The van der Waals surface area contributed by atoms with Crippen molar-refractivity contribution < 1.29 is 85.3 Å². The zero-order valence-electron chi connectivity index (χ0n) is 47.7. The van der Waals surface area contributed by atoms with Gasteiger partial charge in [0.05, 0.1) is 26.4 Å². The number of hydrogen-bond donors (Lipinski definition) is 9. The molecule has 0 spiro atoms. The quantitative estimate of drug-likeness (QED) is 0.0265. The minimum atomic E-state index is -4.08. The van der Waals surface area contributed by atoms with E-state index in [1.165, 1.54) is 48.6 Å². The predicted octanol–water partition coefficient (Wildman–Crippen LogP) is 6.91. The number of alkyl carbamates (subject to hydrolysis) is 2. The summed E-state index contributed by atoms with van der Waals surface area (Å²) in [4.78, 5) is 74.5. The third-order valence-electron chi connectivity index (χ3n) is 9.74. The molecule has 2 aromatic rings. The Hall–Kier alpha value is -6.49. The SMILES string of the molecule is C=CCOP(=O)(OCC=C)Oc1ccc(CC(NC(=O)OC(C)(C)C)C(=O)NC(CC(C)C)C(N)=O)cc1CO.C=CCO[P+](=O)OCC=C.CC(C)CC(NC(=O)C(Cc1ccc(O)c(CO)c1)NC(=O)OC(C)(C)C)C(N)=O. The van der Waals surface area contributed by atoms with Crippen LogP contribution in [0.5, 0.6) is 11.5 Å². The van der Waals surface area contributed by atoms with Crippen molar-refractivity contribution in [1.29, 1.82) is 0 Å². The number of ether oxygens (including phenoxy) is 2. The van der Waals surface area contributed by atoms with Gasteiger partial charge in [-0.3, -0.25) is 28.2 Å². The van der Waals surface area contributed by atoms with Gasteiger partial charge in [-0.15, -0.1) is 35.4 Å². The molecule has 0 bridgehead atoms. The maximum atomic E-state index is 13.2. The maximum absolute atomic E-state index is 13.2. The Kier molecular flexibility index (Phi) is 34.4. The molecule has 0 saturated heterocycles. The van der Waals surface area contributed by atoms with Gasteiger partial charge in [0, 0.05) is 28.5 Å². The van der Waals surface area contributed by atoms with Gasteiger partial charge in [-0.05, 0) is 102 Å². The van der Waals surface area contributed by atoms with Crippen molar-refractivity contribution in [2.24, 2.45) is 23.3 Å². The van der Waals surface area contributed by atoms with Crippen molar-refractivity contribution in [3.63, 3.8) is 0 Å². The monoisotopic (exact) mass is 1170 g/mol. The van der Waals surface area contributed by atoms with E-state index in [1.54, 1.807) is 53.7 Å². The number of nitrogens with one attached hydrogen (secondary N) is 4. The third kappa shape index (κ3) is 32.6. The summed E-state index contributed by atoms with van der Waals surface area (Å²) in [6, 6.07) is 4.94. The van der Waals surface area contributed by atoms with Crippen molar-refractivity contribution in [2.45, 2.75) is 144 Å². The van der Waals surface area contributed by atoms with E-state index < -0.39 is 93.9 Å². The van der Waals surface area contributed by atoms with Crippen LogP contribution in [-0.4, -0.2) is 113 Å². The Morgan fingerprint density at radius 3 is 1.32 bits per heavy atom. The first-order valence-electron chi connectivity index (χ1n) is 25.3. The number of primary amides is 2. The number of benzene rings is 2. The number of carbonyl (C=O) groups excluding carboxylic acids is 6. The van der Waals surface area contributed by atoms with E-state index in [1.807, 2.05) is 27.7 Å². The highest BCUT2D eigenvalue weighted by atomic mass is 31.2. The van der Waals surface area contributed by atoms with Gasteiger partial charge in [0.2, 0.25) is 23.6 Å². The molecule has 448 valence electrons. The highest BCUT2D eigenvalue weighted by molar-refractivity contribution is 7.49. The standard InChI is InChI=1S/C27H42N3O9P.C21H33N3O6.C6H10O3P/c1-8-12-36-40(35,37-13-9-2)39-23-11-10-19(15-20(23)17-31)16-22(30-26(34)38-27(5,6)7)25(33)29-21(24(28)32)14-18(3)4;1-12(2)8-15(18(22)27)23-19(28)16(24-20(29)30-21(3,4)5)10-13-6-7-17(26)14(9-13)11-25;1-3-5-8-10(7)9-6-4-2/h8-11,15,18,21-22,31H,1-2,12-14,16-17H2,3-7H3,(H2,28,32)(H,29,33)(H,30,34);6-7,9,12,15-16,25-26H,8,10-11H2,1-5H3,(H2,22,27)(H,23,28)(H,24,29);3-4H,1-2,5-6H2/q;;+1. The van der Waals surface area contributed by atoms with E-state index in [4.69, 9.17) is 34.5 Å². The van der Waals surface area contributed by atoms with E-state index in [9.17, 15) is 53.2 Å². The van der Waals surface area contributed by atoms with E-state index in [0.29, 0.717) is 29.5 Å². The molecule has 0 saturated carbocycles. The average molecular weight is 1170 g/mol. The molecule has 80 heavy (non-hydrogen) atoms. The number of nitrogens with two attached hydrogens (primary N) is 2. The van der Waals surface area contributed by atoms with Gasteiger partial charge < -0.3 is 62.1 Å². The lowest BCUT2D eigenvalue weighted by Gasteiger charge is -2.25. The lowest BCUT2D eigenvalue weighted by Crippen LogP contribution is -2.54. The smallest absolute Gasteiger partial charge is 0.508 e. The number of hydrogen-bond acceptors (Lipinski definition) is 18. The Balaban J connectivity index is 0.00000137. The van der Waals surface area contributed by atoms with E-state index in [0.717, 1.165) is 0 Å². The van der Waals surface area contributed by atoms with Crippen molar-refractivity contribution in [3.8, 4) is 11.5 Å². The second-order valence-electron chi connectivity index (χ2n) is 20.3. The van der Waals surface area contributed by atoms with Gasteiger partial charge in [-0.2, -0.15) is 0 Å². The van der Waals surface area contributed by atoms with Crippen molar-refractivity contribution in [1.82, 2.24) is 21.3 Å². The summed E-state index contributed by atoms with van der Waals surface area (Å²) in [6.45, 7) is 30.8. The number of carbonyl (C=O) groups is 6. The molecule has 6 amide bonds. The van der Waals surface area contributed by atoms with Crippen LogP contribution in [0, 0.1) is 11.8 Å². The summed E-state index contributed by atoms with van der Waals surface area (Å²) in [5, 5.41) is 39.3. The number of phosphoric ester groups is 1. The molecule has 0 aliphatic carbocycles. The molecule has 0 fully saturated rings. The topological polar surface area (TPSA) is 362 Å². The molecule has 26 heteroatoms. The fourth-order valence-electron chi connectivity index (χ4n) is 6.40. The van der Waals surface area contributed by atoms with Crippen molar-refractivity contribution in [2.75, 3.05) is 26.4 Å². The Bertz CT molecular complexity index is 2390. The maximum Gasteiger partial charge on any atom is 0.698 e. The first kappa shape index (κ1) is 73.5. The van der Waals surface area contributed by atoms with Gasteiger partial charge in [0.15, 0.2) is 0 Å². The number of phosphoric acid groups is 1. The fraction of sp³-hybridized carbons (Fsp3) is 0.519. The number of rotatable bonds is 32. The zero-order chi connectivity index (χ0) is 61.4. The second kappa shape index (κ2) is 37.4. The van der Waals surface area contributed by atoms with E-state index in [-0.39, 0.29) is 74.8 Å². The van der Waals surface area contributed by atoms with Crippen molar-refractivity contribution >= 4 is 51.9 Å². The zero-order valence-corrected chi connectivity index (χ0v) is 49.4. The van der Waals surface area contributed by atoms with E-state index >= 15 is 0 Å². The number of aliphatic hydroxyl groups is 2. The molecule has 0 aromatic heterocycles. The molecule has 11 N–H and O–H groups in total. The Labute approximate surface area is 471 Å². The van der Waals surface area contributed by atoms with Crippen LogP contribution in [0.4, 0.5) is 9.59 Å². The van der Waals surface area contributed by atoms with Crippen LogP contribution in [-0.2, 0) is 81.9 Å². The Morgan fingerprint density at radius 1 is 0.613 bits per heavy atom. The van der Waals surface area contributed by atoms with E-state index in [2.05, 4.69) is 56.6 Å². The van der Waals surface area contributed by atoms with Crippen LogP contribution >= 0.6 is 16.1 Å². The Morgan fingerprint density at radius 2 is 0.988 bits per heavy atom. The summed E-state index contributed by atoms with van der Waals surface area (Å²) in [5.41, 5.74) is 10.9. The number of amides is 6. The minimum Gasteiger partial charge on any atom is -0.508 e. The van der Waals surface area contributed by atoms with Crippen LogP contribution in [0.15, 0.2) is 87.0 Å². The van der Waals surface area contributed by atoms with Crippen LogP contribution in [0.25, 0.3) is 0 Å². The molecule has 4 unspecified atom stereocenters. The summed E-state index contributed by atoms with van der Waals surface area (Å²) in [7, 11) is -6.07. The number of aliphatic hydroxyl groups excluding tert-OH is 2. The predicted molar refractivity (Wildman–Crippen MR) is 302 cm³/mol. The lowest BCUT2D eigenvalue weighted by atomic mass is 10.0. The fourth-order valence-corrected chi connectivity index (χ4v) is 8.10. The average Bonchev–Trinajstić information content (AvgIpc) is 3.35. The normalized spacial score (nSPS) is 12.7. The molecular weight excluding hydrogens is 1080 g/mol. The number of aromatic hydroxyl groups is 1. The molecule has 0 heterocycles. The first-order valence-corrected chi connectivity index (χ1v) is 27.9. The van der Waals surface area contributed by atoms with Gasteiger partial charge >= 0.3 is 28.3 Å². The molecule has 2 rings (SSSR count). The summed E-state index contributed by atoms with van der Waals surface area (Å²) < 4.78 is 59.2. The van der Waals surface area contributed by atoms with Crippen LogP contribution in [0.1, 0.15) is 104 Å². The van der Waals surface area contributed by atoms with Gasteiger partial charge in [0.1, 0.15) is 60.1 Å². The second-order valence-corrected chi connectivity index (χ2v) is 22.9. The highest BCUT2D eigenvalue weighted by Crippen LogP contribution is 2.50. The molecular formula is C54H85N6O18P2+. The van der Waals surface area contributed by atoms with Crippen LogP contribution in [0.3, 0.4) is 0 Å². The van der Waals surface area contributed by atoms with Gasteiger partial charge in [-0.1, -0.05) is 64.1 Å². The lowest BCUT2D eigenvalue weighted by molar-refractivity contribution is -0.129. The van der Waals surface area contributed by atoms with Crippen molar-refractivity contribution in [3.05, 3.63) is 109 Å². The summed E-state index contributed by atoms with van der Waals surface area (Å²) >= 11 is 0. The summed E-state index contributed by atoms with van der Waals surface area (Å²) in [5.74, 6) is -2.49. The largest absolute Gasteiger partial charge is 0.698 e. The summed E-state index contributed by atoms with van der Waals surface area (Å²) in [6.07, 6.45) is 4.78. The molecule has 0 aliphatic heterocycles. The molecule has 0 aliphatic rings. The molecule has 0 radical (unpaired) electrons. The first-order chi connectivity index (χ1) is 37.2.